The number of hydrogen-bond donors (Lipinski definition) is 1. The third kappa shape index (κ3) is 3.45. The first-order valence-electron chi connectivity index (χ1n) is 8.63. The number of esters is 1. The summed E-state index contributed by atoms with van der Waals surface area (Å²) in [5.74, 6) is 2.07. The quantitative estimate of drug-likeness (QED) is 0.812. The van der Waals surface area contributed by atoms with E-state index >= 15 is 0 Å². The van der Waals surface area contributed by atoms with Crippen molar-refractivity contribution < 1.29 is 14.6 Å². The fourth-order valence-electron chi connectivity index (χ4n) is 4.19. The molecule has 0 aromatic rings. The largest absolute Gasteiger partial charge is 0.462 e. The van der Waals surface area contributed by atoms with E-state index < -0.39 is 6.10 Å². The lowest BCUT2D eigenvalue weighted by atomic mass is 9.66. The zero-order valence-electron chi connectivity index (χ0n) is 13.6. The lowest BCUT2D eigenvalue weighted by Gasteiger charge is -2.39. The first-order valence-corrected chi connectivity index (χ1v) is 8.63. The van der Waals surface area contributed by atoms with Gasteiger partial charge in [-0.05, 0) is 54.9 Å². The summed E-state index contributed by atoms with van der Waals surface area (Å²) >= 11 is 0. The number of fused-ring (bicyclic) bond motifs is 1. The number of cyclic esters (lactones) is 1. The van der Waals surface area contributed by atoms with Crippen molar-refractivity contribution in [2.24, 2.45) is 23.7 Å². The number of aliphatic hydroxyl groups excluding tert-OH is 1. The van der Waals surface area contributed by atoms with Gasteiger partial charge in [-0.3, -0.25) is 4.79 Å². The minimum atomic E-state index is -0.521. The van der Waals surface area contributed by atoms with Crippen molar-refractivity contribution in [3.8, 4) is 0 Å². The van der Waals surface area contributed by atoms with Crippen LogP contribution in [-0.2, 0) is 9.53 Å². The number of ether oxygens (including phenoxy) is 1. The SMILES string of the molecule is C[C@@H]1C=C2C=C[C@@H](C)[C@@H](CC[C@H]3C[C@H](O)CC(=O)O3)[C@@H]2[CH]C1. The number of aliphatic hydroxyl groups is 1. The highest BCUT2D eigenvalue weighted by atomic mass is 16.5. The summed E-state index contributed by atoms with van der Waals surface area (Å²) < 4.78 is 5.39. The van der Waals surface area contributed by atoms with Gasteiger partial charge in [-0.25, -0.2) is 0 Å². The molecular weight excluding hydrogens is 276 g/mol. The van der Waals surface area contributed by atoms with E-state index in [1.165, 1.54) is 5.57 Å². The zero-order valence-corrected chi connectivity index (χ0v) is 13.6. The average Bonchev–Trinajstić information content (AvgIpc) is 2.45. The molecule has 0 aromatic heterocycles. The maximum atomic E-state index is 11.5. The number of carbonyl (C=O) groups is 1. The number of hydrogen-bond acceptors (Lipinski definition) is 3. The molecule has 1 N–H and O–H groups in total. The molecule has 3 heteroatoms. The van der Waals surface area contributed by atoms with Crippen LogP contribution in [0.1, 0.15) is 46.0 Å². The van der Waals surface area contributed by atoms with Gasteiger partial charge in [0.2, 0.25) is 0 Å². The Morgan fingerprint density at radius 2 is 2.14 bits per heavy atom. The van der Waals surface area contributed by atoms with Crippen LogP contribution in [0.15, 0.2) is 23.8 Å². The Morgan fingerprint density at radius 1 is 1.32 bits per heavy atom. The maximum absolute atomic E-state index is 11.5. The summed E-state index contributed by atoms with van der Waals surface area (Å²) in [6, 6.07) is 0. The lowest BCUT2D eigenvalue weighted by molar-refractivity contribution is -0.160. The zero-order chi connectivity index (χ0) is 15.7. The van der Waals surface area contributed by atoms with Crippen LogP contribution in [-0.4, -0.2) is 23.3 Å². The second kappa shape index (κ2) is 6.57. The van der Waals surface area contributed by atoms with E-state index in [0.717, 1.165) is 19.3 Å². The molecule has 1 aliphatic heterocycles. The van der Waals surface area contributed by atoms with Gasteiger partial charge in [0.25, 0.3) is 0 Å². The average molecular weight is 303 g/mol. The van der Waals surface area contributed by atoms with Gasteiger partial charge < -0.3 is 9.84 Å². The van der Waals surface area contributed by atoms with Gasteiger partial charge in [-0.2, -0.15) is 0 Å². The molecule has 3 rings (SSSR count). The molecule has 1 saturated heterocycles. The van der Waals surface area contributed by atoms with Crippen molar-refractivity contribution in [3.05, 3.63) is 30.2 Å². The number of carbonyl (C=O) groups excluding carboxylic acids is 1. The van der Waals surface area contributed by atoms with Crippen molar-refractivity contribution in [2.75, 3.05) is 0 Å². The molecule has 6 atom stereocenters. The predicted octanol–water partition coefficient (Wildman–Crippen LogP) is 3.44. The van der Waals surface area contributed by atoms with Crippen LogP contribution in [0, 0.1) is 30.1 Å². The highest BCUT2D eigenvalue weighted by molar-refractivity contribution is 5.70. The molecule has 1 fully saturated rings. The van der Waals surface area contributed by atoms with Gasteiger partial charge in [0.1, 0.15) is 6.10 Å². The molecule has 0 saturated carbocycles. The second-order valence-electron chi connectivity index (χ2n) is 7.31. The number of rotatable bonds is 3. The topological polar surface area (TPSA) is 46.5 Å². The molecule has 1 radical (unpaired) electrons. The third-order valence-electron chi connectivity index (χ3n) is 5.41. The highest BCUT2D eigenvalue weighted by Gasteiger charge is 2.35. The van der Waals surface area contributed by atoms with E-state index in [0.29, 0.717) is 30.1 Å². The molecular formula is C19H27O3. The Labute approximate surface area is 133 Å². The van der Waals surface area contributed by atoms with E-state index in [4.69, 9.17) is 4.74 Å². The second-order valence-corrected chi connectivity index (χ2v) is 7.31. The first-order chi connectivity index (χ1) is 10.5. The van der Waals surface area contributed by atoms with Crippen LogP contribution >= 0.6 is 0 Å². The molecule has 3 aliphatic rings. The van der Waals surface area contributed by atoms with E-state index in [1.807, 2.05) is 0 Å². The first kappa shape index (κ1) is 15.8. The maximum Gasteiger partial charge on any atom is 0.308 e. The summed E-state index contributed by atoms with van der Waals surface area (Å²) in [4.78, 5) is 11.5. The fourth-order valence-corrected chi connectivity index (χ4v) is 4.19. The van der Waals surface area contributed by atoms with E-state index in [1.54, 1.807) is 0 Å². The standard InChI is InChI=1S/C19H27O3/c1-12-3-7-18-14(9-12)5-4-13(2)17(18)8-6-16-10-15(20)11-19(21)22-16/h4-5,7,9,12-13,15-18,20H,3,6,8,10-11H2,1-2H3/t12-,13+,15-,16-,17+,18+/m0/s1. The Kier molecular flexibility index (Phi) is 4.72. The molecule has 0 bridgehead atoms. The van der Waals surface area contributed by atoms with Crippen molar-refractivity contribution in [2.45, 2.75) is 58.2 Å². The monoisotopic (exact) mass is 303 g/mol. The van der Waals surface area contributed by atoms with Crippen molar-refractivity contribution >= 4 is 5.97 Å². The summed E-state index contributed by atoms with van der Waals surface area (Å²) in [5.41, 5.74) is 1.46. The third-order valence-corrected chi connectivity index (χ3v) is 5.41. The van der Waals surface area contributed by atoms with E-state index in [-0.39, 0.29) is 18.5 Å². The van der Waals surface area contributed by atoms with Gasteiger partial charge in [0.15, 0.2) is 0 Å². The minimum absolute atomic E-state index is 0.107. The van der Waals surface area contributed by atoms with Gasteiger partial charge in [0, 0.05) is 6.42 Å². The fraction of sp³-hybridized carbons (Fsp3) is 0.684. The van der Waals surface area contributed by atoms with Crippen molar-refractivity contribution in [3.63, 3.8) is 0 Å². The summed E-state index contributed by atoms with van der Waals surface area (Å²) in [6.45, 7) is 4.55. The smallest absolute Gasteiger partial charge is 0.308 e. The molecule has 121 valence electrons. The molecule has 0 spiro atoms. The molecule has 0 unspecified atom stereocenters. The molecule has 22 heavy (non-hydrogen) atoms. The van der Waals surface area contributed by atoms with Crippen LogP contribution in [0.4, 0.5) is 0 Å². The van der Waals surface area contributed by atoms with Gasteiger partial charge in [0.05, 0.1) is 12.5 Å². The predicted molar refractivity (Wildman–Crippen MR) is 85.8 cm³/mol. The Bertz CT molecular complexity index is 479. The van der Waals surface area contributed by atoms with E-state index in [2.05, 4.69) is 38.5 Å². The van der Waals surface area contributed by atoms with Crippen LogP contribution in [0.25, 0.3) is 0 Å². The van der Waals surface area contributed by atoms with Crippen molar-refractivity contribution in [1.29, 1.82) is 0 Å². The summed E-state index contributed by atoms with van der Waals surface area (Å²) in [6.07, 6.45) is 12.7. The molecule has 2 aliphatic carbocycles. The summed E-state index contributed by atoms with van der Waals surface area (Å²) in [7, 11) is 0. The Hall–Kier alpha value is -1.09. The Balaban J connectivity index is 1.63. The van der Waals surface area contributed by atoms with Crippen molar-refractivity contribution in [1.82, 2.24) is 0 Å². The van der Waals surface area contributed by atoms with Crippen LogP contribution in [0.2, 0.25) is 0 Å². The molecule has 0 amide bonds. The number of allylic oxidation sites excluding steroid dienone is 4. The highest BCUT2D eigenvalue weighted by Crippen LogP contribution is 2.43. The van der Waals surface area contributed by atoms with Crippen LogP contribution in [0.3, 0.4) is 0 Å². The van der Waals surface area contributed by atoms with Gasteiger partial charge in [-0.15, -0.1) is 0 Å². The molecule has 1 heterocycles. The minimum Gasteiger partial charge on any atom is -0.462 e. The molecule has 0 aromatic carbocycles. The summed E-state index contributed by atoms with van der Waals surface area (Å²) in [5, 5.41) is 9.73. The normalized spacial score (nSPS) is 41.6. The van der Waals surface area contributed by atoms with Gasteiger partial charge in [-0.1, -0.05) is 32.1 Å². The van der Waals surface area contributed by atoms with Gasteiger partial charge >= 0.3 is 5.97 Å². The lowest BCUT2D eigenvalue weighted by Crippen LogP contribution is -2.34. The molecule has 3 nitrogen and oxygen atoms in total. The Morgan fingerprint density at radius 3 is 2.91 bits per heavy atom. The van der Waals surface area contributed by atoms with E-state index in [9.17, 15) is 9.90 Å². The van der Waals surface area contributed by atoms with Crippen LogP contribution < -0.4 is 0 Å². The van der Waals surface area contributed by atoms with Crippen LogP contribution in [0.5, 0.6) is 0 Å².